The highest BCUT2D eigenvalue weighted by molar-refractivity contribution is 7.86. The van der Waals surface area contributed by atoms with Crippen LogP contribution in [-0.4, -0.2) is 52.2 Å². The van der Waals surface area contributed by atoms with Gasteiger partial charge in [0.25, 0.3) is 10.1 Å². The van der Waals surface area contributed by atoms with E-state index in [4.69, 9.17) is 4.42 Å². The van der Waals surface area contributed by atoms with Crippen LogP contribution in [0, 0.1) is 13.8 Å². The molecule has 2 N–H and O–H groups in total. The summed E-state index contributed by atoms with van der Waals surface area (Å²) in [6, 6.07) is 11.3. The lowest BCUT2D eigenvalue weighted by Crippen LogP contribution is -2.24. The molecule has 8 nitrogen and oxygen atoms in total. The Hall–Kier alpha value is -3.69. The van der Waals surface area contributed by atoms with Crippen molar-refractivity contribution in [3.63, 3.8) is 0 Å². The first kappa shape index (κ1) is 24.4. The minimum absolute atomic E-state index is 0.192. The van der Waals surface area contributed by atoms with Crippen molar-refractivity contribution >= 4 is 32.7 Å². The lowest BCUT2D eigenvalue weighted by molar-refractivity contribution is 0.0696. The first-order chi connectivity index (χ1) is 16.3. The Balaban J connectivity index is 2.28. The molecule has 0 radical (unpaired) electrons. The Bertz CT molecular complexity index is 1660. The van der Waals surface area contributed by atoms with Crippen LogP contribution >= 0.6 is 0 Å². The van der Waals surface area contributed by atoms with Gasteiger partial charge in [-0.2, -0.15) is 8.42 Å². The van der Waals surface area contributed by atoms with Gasteiger partial charge in [-0.1, -0.05) is 6.07 Å². The largest absolute Gasteiger partial charge is 0.478 e. The van der Waals surface area contributed by atoms with Gasteiger partial charge in [-0.3, -0.25) is 4.55 Å². The molecule has 2 aromatic rings. The summed E-state index contributed by atoms with van der Waals surface area (Å²) < 4.78 is 43.2. The molecule has 35 heavy (non-hydrogen) atoms. The molecule has 0 bridgehead atoms. The van der Waals surface area contributed by atoms with Crippen LogP contribution in [0.25, 0.3) is 33.4 Å². The maximum atomic E-state index is 12.4. The quantitative estimate of drug-likeness (QED) is 0.251. The van der Waals surface area contributed by atoms with Crippen LogP contribution in [-0.2, 0) is 10.1 Å². The van der Waals surface area contributed by atoms with Gasteiger partial charge < -0.3 is 14.4 Å². The lowest BCUT2D eigenvalue weighted by atomic mass is 9.91. The molecule has 0 saturated heterocycles. The number of hydrogen-bond acceptors (Lipinski definition) is 5. The molecule has 0 atom stereocenters. The maximum Gasteiger partial charge on any atom is 0.335 e. The monoisotopic (exact) mass is 495 g/mol. The predicted molar refractivity (Wildman–Crippen MR) is 136 cm³/mol. The van der Waals surface area contributed by atoms with E-state index in [-0.39, 0.29) is 11.1 Å². The van der Waals surface area contributed by atoms with E-state index >= 15 is 0 Å². The summed E-state index contributed by atoms with van der Waals surface area (Å²) in [6.07, 6.45) is 0. The second kappa shape index (κ2) is 8.51. The lowest BCUT2D eigenvalue weighted by Gasteiger charge is -2.21. The number of fused-ring (bicyclic) bond motifs is 2. The van der Waals surface area contributed by atoms with E-state index < -0.39 is 21.0 Å². The first-order valence-electron chi connectivity index (χ1n) is 10.8. The fourth-order valence-corrected chi connectivity index (χ4v) is 5.23. The zero-order valence-electron chi connectivity index (χ0n) is 20.4. The topological polar surface area (TPSA) is 111 Å². The van der Waals surface area contributed by atoms with Crippen molar-refractivity contribution in [3.8, 4) is 22.5 Å². The molecule has 1 aliphatic carbocycles. The van der Waals surface area contributed by atoms with Gasteiger partial charge in [-0.15, -0.1) is 0 Å². The highest BCUT2D eigenvalue weighted by Crippen LogP contribution is 2.44. The van der Waals surface area contributed by atoms with Crippen molar-refractivity contribution in [2.24, 2.45) is 0 Å². The Morgan fingerprint density at radius 2 is 1.66 bits per heavy atom. The summed E-state index contributed by atoms with van der Waals surface area (Å²) in [5, 5.41) is 11.0. The van der Waals surface area contributed by atoms with E-state index in [2.05, 4.69) is 0 Å². The normalized spacial score (nSPS) is 11.7. The molecule has 182 valence electrons. The molecule has 0 spiro atoms. The van der Waals surface area contributed by atoms with Crippen LogP contribution in [0.2, 0.25) is 0 Å². The number of carbonyl (C=O) groups is 1. The third kappa shape index (κ3) is 4.28. The molecule has 4 rings (SSSR count). The van der Waals surface area contributed by atoms with Crippen molar-refractivity contribution in [2.75, 3.05) is 33.1 Å². The summed E-state index contributed by atoms with van der Waals surface area (Å²) in [5.41, 5.74) is 4.47. The summed E-state index contributed by atoms with van der Waals surface area (Å²) >= 11 is 0. The van der Waals surface area contributed by atoms with Gasteiger partial charge in [0, 0.05) is 53.5 Å². The fourth-order valence-electron chi connectivity index (χ4n) is 4.51. The fraction of sp³-hybridized carbons (Fsp3) is 0.231. The Labute approximate surface area is 203 Å². The zero-order chi connectivity index (χ0) is 25.8. The van der Waals surface area contributed by atoms with Crippen LogP contribution < -0.4 is 14.8 Å². The average molecular weight is 496 g/mol. The third-order valence-electron chi connectivity index (χ3n) is 6.09. The van der Waals surface area contributed by atoms with E-state index in [0.29, 0.717) is 27.9 Å². The van der Waals surface area contributed by atoms with Crippen LogP contribution in [0.1, 0.15) is 21.5 Å². The van der Waals surface area contributed by atoms with Gasteiger partial charge in [-0.25, -0.2) is 9.37 Å². The smallest absolute Gasteiger partial charge is 0.335 e. The van der Waals surface area contributed by atoms with E-state index in [0.717, 1.165) is 28.2 Å². The maximum absolute atomic E-state index is 12.4. The van der Waals surface area contributed by atoms with Crippen LogP contribution in [0.4, 0.5) is 5.69 Å². The van der Waals surface area contributed by atoms with Crippen LogP contribution in [0.15, 0.2) is 51.8 Å². The highest BCUT2D eigenvalue weighted by Gasteiger charge is 2.26. The molecule has 0 aromatic heterocycles. The number of benzene rings is 3. The van der Waals surface area contributed by atoms with Gasteiger partial charge in [0.1, 0.15) is 30.3 Å². The second-order valence-corrected chi connectivity index (χ2v) is 10.4. The zero-order valence-corrected chi connectivity index (χ0v) is 21.2. The molecular weight excluding hydrogens is 468 g/mol. The Morgan fingerprint density at radius 1 is 0.971 bits per heavy atom. The van der Waals surface area contributed by atoms with Gasteiger partial charge >= 0.3 is 5.97 Å². The predicted octanol–water partition coefficient (Wildman–Crippen LogP) is 3.86. The van der Waals surface area contributed by atoms with E-state index in [1.807, 2.05) is 75.8 Å². The van der Waals surface area contributed by atoms with Crippen molar-refractivity contribution in [2.45, 2.75) is 18.7 Å². The molecule has 1 heterocycles. The van der Waals surface area contributed by atoms with Gasteiger partial charge in [0.05, 0.1) is 11.6 Å². The molecule has 0 fully saturated rings. The molecule has 0 amide bonds. The molecule has 2 aromatic carbocycles. The second-order valence-electron chi connectivity index (χ2n) is 9.03. The molecule has 0 unspecified atom stereocenters. The Kier molecular flexibility index (Phi) is 5.94. The third-order valence-corrected chi connectivity index (χ3v) is 6.99. The summed E-state index contributed by atoms with van der Waals surface area (Å²) in [7, 11) is 2.94. The van der Waals surface area contributed by atoms with Crippen LogP contribution in [0.3, 0.4) is 0 Å². The number of nitrogens with zero attached hydrogens (tertiary/aromatic N) is 2. The summed E-state index contributed by atoms with van der Waals surface area (Å²) in [4.78, 5) is 13.0. The average Bonchev–Trinajstić information content (AvgIpc) is 2.75. The first-order valence-corrected chi connectivity index (χ1v) is 12.3. The minimum Gasteiger partial charge on any atom is -0.478 e. The summed E-state index contributed by atoms with van der Waals surface area (Å²) in [6.45, 7) is 3.89. The van der Waals surface area contributed by atoms with Gasteiger partial charge in [-0.05, 0) is 43.7 Å². The van der Waals surface area contributed by atoms with Crippen molar-refractivity contribution in [1.82, 2.24) is 4.58 Å². The molecule has 1 aliphatic heterocycles. The van der Waals surface area contributed by atoms with Gasteiger partial charge in [0.2, 0.25) is 5.36 Å². The Morgan fingerprint density at radius 3 is 2.23 bits per heavy atom. The van der Waals surface area contributed by atoms with E-state index in [9.17, 15) is 22.9 Å². The van der Waals surface area contributed by atoms with Crippen molar-refractivity contribution in [1.29, 1.82) is 0 Å². The standard InChI is InChI=1S/C26H26N2O6S/c1-14-9-18-22(12-20(14)27(3)4)34-23-13-21(28(5)6)15(2)10-19(23)25(18)17-8-7-16(26(29)30)11-24(17)35(31,32)33/h7-13H,1-6H3,(H-,29,30,31,32,33)/p+1. The van der Waals surface area contributed by atoms with E-state index in [1.165, 1.54) is 12.1 Å². The molecule has 2 aliphatic rings. The molecular formula is C26H27N2O6S+. The van der Waals surface area contributed by atoms with Crippen molar-refractivity contribution < 1.29 is 27.3 Å². The minimum atomic E-state index is -4.75. The number of carboxylic acids is 1. The molecule has 0 saturated carbocycles. The van der Waals surface area contributed by atoms with Gasteiger partial charge in [0.15, 0.2) is 0 Å². The van der Waals surface area contributed by atoms with E-state index in [1.54, 1.807) is 0 Å². The molecule has 9 heteroatoms. The number of hydrogen-bond donors (Lipinski definition) is 2. The number of aryl methyl sites for hydroxylation is 2. The number of carboxylic acid groups (broad SMARTS) is 1. The number of anilines is 1. The SMILES string of the molecule is Cc1cc2c(-c3ccc(C(=O)O)cc3S(=O)(=O)O)c3cc(C)c(=[N+](C)C)cc-3oc2cc1N(C)C. The number of rotatable bonds is 4. The number of aromatic carboxylic acids is 1. The highest BCUT2D eigenvalue weighted by atomic mass is 32.2. The summed E-state index contributed by atoms with van der Waals surface area (Å²) in [5.74, 6) is -0.767. The van der Waals surface area contributed by atoms with Crippen molar-refractivity contribution in [3.05, 3.63) is 64.5 Å². The van der Waals surface area contributed by atoms with Crippen LogP contribution in [0.5, 0.6) is 0 Å².